The topological polar surface area (TPSA) is 26.7 Å². The van der Waals surface area contributed by atoms with Gasteiger partial charge >= 0.3 is 0 Å². The van der Waals surface area contributed by atoms with Gasteiger partial charge < -0.3 is 10.0 Å². The SMILES string of the molecule is Bc1ccc(N2CCN(CCO)CC2)cc1. The standard InChI is InChI=1S/C12H19BN2O/c13-11-1-3-12(4-2-11)15-7-5-14(6-8-15)9-10-16/h1-4,16H,5-10,13H2. The Balaban J connectivity index is 1.91. The van der Waals surface area contributed by atoms with Crippen molar-refractivity contribution < 1.29 is 5.11 Å². The minimum atomic E-state index is 0.268. The molecule has 1 aromatic carbocycles. The molecule has 1 fully saturated rings. The Kier molecular flexibility index (Phi) is 3.85. The van der Waals surface area contributed by atoms with Gasteiger partial charge in [-0.05, 0) is 12.1 Å². The minimum absolute atomic E-state index is 0.268. The summed E-state index contributed by atoms with van der Waals surface area (Å²) in [6.07, 6.45) is 0. The Morgan fingerprint density at radius 3 is 2.25 bits per heavy atom. The van der Waals surface area contributed by atoms with Crippen LogP contribution in [0.25, 0.3) is 0 Å². The van der Waals surface area contributed by atoms with Crippen LogP contribution in [0.3, 0.4) is 0 Å². The molecule has 1 aromatic rings. The number of β-amino-alcohol motifs (C(OH)–C–C–N with tert-alkyl or cyclic N) is 1. The highest BCUT2D eigenvalue weighted by atomic mass is 16.3. The average molecular weight is 218 g/mol. The van der Waals surface area contributed by atoms with E-state index in [1.54, 1.807) is 0 Å². The quantitative estimate of drug-likeness (QED) is 0.663. The second-order valence-corrected chi connectivity index (χ2v) is 4.39. The average Bonchev–Trinajstić information content (AvgIpc) is 2.32. The summed E-state index contributed by atoms with van der Waals surface area (Å²) in [5.74, 6) is 0. The van der Waals surface area contributed by atoms with Crippen LogP contribution in [-0.4, -0.2) is 57.2 Å². The molecule has 0 amide bonds. The summed E-state index contributed by atoms with van der Waals surface area (Å²) in [6.45, 7) is 5.29. The van der Waals surface area contributed by atoms with Gasteiger partial charge in [-0.15, -0.1) is 0 Å². The summed E-state index contributed by atoms with van der Waals surface area (Å²) in [5.41, 5.74) is 2.62. The van der Waals surface area contributed by atoms with E-state index in [1.165, 1.54) is 11.2 Å². The van der Waals surface area contributed by atoms with Crippen molar-refractivity contribution in [3.8, 4) is 0 Å². The van der Waals surface area contributed by atoms with Gasteiger partial charge in [-0.25, -0.2) is 0 Å². The van der Waals surface area contributed by atoms with E-state index < -0.39 is 0 Å². The molecular weight excluding hydrogens is 199 g/mol. The summed E-state index contributed by atoms with van der Waals surface area (Å²) in [6, 6.07) is 8.71. The van der Waals surface area contributed by atoms with Crippen LogP contribution in [0.1, 0.15) is 0 Å². The van der Waals surface area contributed by atoms with Crippen LogP contribution >= 0.6 is 0 Å². The van der Waals surface area contributed by atoms with Gasteiger partial charge in [0.15, 0.2) is 0 Å². The molecule has 16 heavy (non-hydrogen) atoms. The van der Waals surface area contributed by atoms with E-state index in [0.29, 0.717) is 0 Å². The largest absolute Gasteiger partial charge is 0.395 e. The molecule has 0 atom stereocenters. The number of piperazine rings is 1. The van der Waals surface area contributed by atoms with Crippen molar-refractivity contribution >= 4 is 19.0 Å². The van der Waals surface area contributed by atoms with Crippen molar-refractivity contribution in [3.63, 3.8) is 0 Å². The van der Waals surface area contributed by atoms with Gasteiger partial charge in [0.1, 0.15) is 7.85 Å². The predicted octanol–water partition coefficient (Wildman–Crippen LogP) is -0.941. The lowest BCUT2D eigenvalue weighted by atomic mass is 9.96. The number of nitrogens with zero attached hydrogens (tertiary/aromatic N) is 2. The number of aliphatic hydroxyl groups excluding tert-OH is 1. The molecule has 1 saturated heterocycles. The van der Waals surface area contributed by atoms with Crippen molar-refractivity contribution in [2.45, 2.75) is 0 Å². The maximum atomic E-state index is 8.88. The molecule has 1 N–H and O–H groups in total. The Hall–Kier alpha value is -0.995. The molecule has 0 aliphatic carbocycles. The smallest absolute Gasteiger partial charge is 0.139 e. The zero-order chi connectivity index (χ0) is 11.4. The van der Waals surface area contributed by atoms with Crippen molar-refractivity contribution in [1.29, 1.82) is 0 Å². The lowest BCUT2D eigenvalue weighted by Crippen LogP contribution is -2.47. The molecule has 0 radical (unpaired) electrons. The van der Waals surface area contributed by atoms with Crippen molar-refractivity contribution in [2.75, 3.05) is 44.2 Å². The molecule has 4 heteroatoms. The van der Waals surface area contributed by atoms with E-state index in [2.05, 4.69) is 41.9 Å². The van der Waals surface area contributed by atoms with E-state index in [-0.39, 0.29) is 6.61 Å². The Labute approximate surface area is 98.1 Å². The zero-order valence-corrected chi connectivity index (χ0v) is 9.89. The first kappa shape index (κ1) is 11.5. The molecule has 0 aromatic heterocycles. The maximum absolute atomic E-state index is 8.88. The Morgan fingerprint density at radius 2 is 1.69 bits per heavy atom. The number of anilines is 1. The fraction of sp³-hybridized carbons (Fsp3) is 0.500. The third-order valence-corrected chi connectivity index (χ3v) is 3.19. The van der Waals surface area contributed by atoms with Gasteiger partial charge in [-0.1, -0.05) is 17.6 Å². The normalized spacial score (nSPS) is 17.7. The highest BCUT2D eigenvalue weighted by molar-refractivity contribution is 6.32. The molecule has 0 spiro atoms. The van der Waals surface area contributed by atoms with Gasteiger partial charge in [0.25, 0.3) is 0 Å². The molecule has 1 aliphatic heterocycles. The molecule has 1 aliphatic rings. The van der Waals surface area contributed by atoms with Crippen LogP contribution < -0.4 is 10.4 Å². The first-order chi connectivity index (χ1) is 7.79. The Morgan fingerprint density at radius 1 is 1.06 bits per heavy atom. The van der Waals surface area contributed by atoms with Crippen LogP contribution in [0, 0.1) is 0 Å². The van der Waals surface area contributed by atoms with E-state index in [1.807, 2.05) is 0 Å². The molecule has 0 unspecified atom stereocenters. The second-order valence-electron chi connectivity index (χ2n) is 4.39. The lowest BCUT2D eigenvalue weighted by Gasteiger charge is -2.35. The predicted molar refractivity (Wildman–Crippen MR) is 70.4 cm³/mol. The van der Waals surface area contributed by atoms with Gasteiger partial charge in [0, 0.05) is 38.4 Å². The number of rotatable bonds is 3. The van der Waals surface area contributed by atoms with Crippen molar-refractivity contribution in [2.24, 2.45) is 0 Å². The summed E-state index contributed by atoms with van der Waals surface area (Å²) < 4.78 is 0. The van der Waals surface area contributed by atoms with Crippen LogP contribution in [0.2, 0.25) is 0 Å². The van der Waals surface area contributed by atoms with Crippen molar-refractivity contribution in [3.05, 3.63) is 24.3 Å². The van der Waals surface area contributed by atoms with E-state index in [4.69, 9.17) is 5.11 Å². The molecule has 3 nitrogen and oxygen atoms in total. The highest BCUT2D eigenvalue weighted by Crippen LogP contribution is 2.14. The second kappa shape index (κ2) is 5.37. The summed E-state index contributed by atoms with van der Waals surface area (Å²) in [7, 11) is 2.11. The number of hydrogen-bond donors (Lipinski definition) is 1. The summed E-state index contributed by atoms with van der Waals surface area (Å²) >= 11 is 0. The van der Waals surface area contributed by atoms with Crippen molar-refractivity contribution in [1.82, 2.24) is 4.90 Å². The third kappa shape index (κ3) is 2.77. The van der Waals surface area contributed by atoms with Gasteiger partial charge in [-0.2, -0.15) is 0 Å². The first-order valence-corrected chi connectivity index (χ1v) is 5.94. The number of hydrogen-bond acceptors (Lipinski definition) is 3. The van der Waals surface area contributed by atoms with Crippen LogP contribution in [-0.2, 0) is 0 Å². The van der Waals surface area contributed by atoms with E-state index >= 15 is 0 Å². The van der Waals surface area contributed by atoms with Gasteiger partial charge in [0.2, 0.25) is 0 Å². The lowest BCUT2D eigenvalue weighted by molar-refractivity contribution is 0.189. The third-order valence-electron chi connectivity index (χ3n) is 3.19. The zero-order valence-electron chi connectivity index (χ0n) is 9.89. The van der Waals surface area contributed by atoms with Gasteiger partial charge in [0.05, 0.1) is 6.61 Å². The minimum Gasteiger partial charge on any atom is -0.395 e. The van der Waals surface area contributed by atoms with E-state index in [0.717, 1.165) is 32.7 Å². The summed E-state index contributed by atoms with van der Waals surface area (Å²) in [4.78, 5) is 4.72. The fourth-order valence-corrected chi connectivity index (χ4v) is 2.13. The van der Waals surface area contributed by atoms with Crippen LogP contribution in [0.15, 0.2) is 24.3 Å². The first-order valence-electron chi connectivity index (χ1n) is 5.94. The van der Waals surface area contributed by atoms with E-state index in [9.17, 15) is 0 Å². The number of benzene rings is 1. The molecule has 2 rings (SSSR count). The number of aliphatic hydroxyl groups is 1. The molecule has 1 heterocycles. The molecular formula is C12H19BN2O. The van der Waals surface area contributed by atoms with Crippen LogP contribution in [0.5, 0.6) is 0 Å². The molecule has 0 bridgehead atoms. The Bertz CT molecular complexity index is 320. The fourth-order valence-electron chi connectivity index (χ4n) is 2.13. The molecule has 86 valence electrons. The molecule has 0 saturated carbocycles. The monoisotopic (exact) mass is 218 g/mol. The van der Waals surface area contributed by atoms with Crippen LogP contribution in [0.4, 0.5) is 5.69 Å². The summed E-state index contributed by atoms with van der Waals surface area (Å²) in [5, 5.41) is 8.88. The highest BCUT2D eigenvalue weighted by Gasteiger charge is 2.16. The van der Waals surface area contributed by atoms with Gasteiger partial charge in [-0.3, -0.25) is 4.90 Å². The maximum Gasteiger partial charge on any atom is 0.139 e.